The normalized spacial score (nSPS) is 19.0. The maximum Gasteiger partial charge on any atom is 0.274 e. The van der Waals surface area contributed by atoms with Gasteiger partial charge in [-0.05, 0) is 30.9 Å². The molecule has 1 saturated carbocycles. The highest BCUT2D eigenvalue weighted by Gasteiger charge is 2.33. The summed E-state index contributed by atoms with van der Waals surface area (Å²) in [6.07, 6.45) is 4.17. The number of aromatic amines is 1. The number of nitrogens with zero attached hydrogens (tertiary/aromatic N) is 1. The van der Waals surface area contributed by atoms with Crippen molar-refractivity contribution >= 4 is 22.4 Å². The van der Waals surface area contributed by atoms with Gasteiger partial charge in [0.15, 0.2) is 0 Å². The molecule has 1 aliphatic carbocycles. The van der Waals surface area contributed by atoms with Gasteiger partial charge in [0.2, 0.25) is 0 Å². The molecule has 3 nitrogen and oxygen atoms in total. The minimum Gasteiger partial charge on any atom is -0.361 e. The van der Waals surface area contributed by atoms with Crippen molar-refractivity contribution in [1.29, 1.82) is 0 Å². The molecule has 0 unspecified atom stereocenters. The summed E-state index contributed by atoms with van der Waals surface area (Å²) in [6.45, 7) is 0. The van der Waals surface area contributed by atoms with Crippen molar-refractivity contribution in [3.63, 3.8) is 0 Å². The number of carbonyl (C=O) groups excluding carboxylic acids is 1. The lowest BCUT2D eigenvalue weighted by Gasteiger charge is -1.93. The maximum absolute atomic E-state index is 11.9. The fourth-order valence-electron chi connectivity index (χ4n) is 2.50. The summed E-state index contributed by atoms with van der Waals surface area (Å²) in [5, 5.41) is 2.98. The van der Waals surface area contributed by atoms with Crippen molar-refractivity contribution < 1.29 is 4.79 Å². The fraction of sp³-hybridized carbons (Fsp3) is 0.231. The van der Waals surface area contributed by atoms with E-state index < -0.39 is 0 Å². The van der Waals surface area contributed by atoms with E-state index in [1.165, 1.54) is 0 Å². The quantitative estimate of drug-likeness (QED) is 0.746. The van der Waals surface area contributed by atoms with Gasteiger partial charge in [-0.2, -0.15) is 0 Å². The van der Waals surface area contributed by atoms with E-state index in [1.807, 2.05) is 24.4 Å². The predicted octanol–water partition coefficient (Wildman–Crippen LogP) is 0.888. The van der Waals surface area contributed by atoms with Crippen LogP contribution in [0.4, 0.5) is 0 Å². The molecule has 0 bridgehead atoms. The van der Waals surface area contributed by atoms with Gasteiger partial charge in [0.05, 0.1) is 5.36 Å². The zero-order valence-electron chi connectivity index (χ0n) is 8.66. The van der Waals surface area contributed by atoms with Gasteiger partial charge < -0.3 is 4.98 Å². The van der Waals surface area contributed by atoms with Crippen LogP contribution in [0, 0.1) is 5.92 Å². The first kappa shape index (κ1) is 8.28. The van der Waals surface area contributed by atoms with Crippen LogP contribution in [0.1, 0.15) is 12.8 Å². The number of hydrogen-bond donors (Lipinski definition) is 1. The van der Waals surface area contributed by atoms with E-state index in [1.54, 1.807) is 0 Å². The first-order chi connectivity index (χ1) is 7.84. The number of amides is 1. The lowest BCUT2D eigenvalue weighted by atomic mass is 10.1. The Bertz CT molecular complexity index is 735. The Balaban J connectivity index is 2.23. The molecule has 2 heterocycles. The highest BCUT2D eigenvalue weighted by Crippen LogP contribution is 2.37. The van der Waals surface area contributed by atoms with E-state index in [-0.39, 0.29) is 5.91 Å². The Kier molecular flexibility index (Phi) is 1.35. The van der Waals surface area contributed by atoms with Gasteiger partial charge in [-0.3, -0.25) is 4.79 Å². The second-order valence-corrected chi connectivity index (χ2v) is 4.51. The molecule has 1 aromatic carbocycles. The fourth-order valence-corrected chi connectivity index (χ4v) is 2.50. The average molecular weight is 210 g/mol. The van der Waals surface area contributed by atoms with Crippen LogP contribution in [0.25, 0.3) is 16.5 Å². The summed E-state index contributed by atoms with van der Waals surface area (Å²) in [5.74, 6) is 0.445. The van der Waals surface area contributed by atoms with Gasteiger partial charge in [0.1, 0.15) is 0 Å². The molecule has 0 radical (unpaired) electrons. The predicted molar refractivity (Wildman–Crippen MR) is 60.2 cm³/mol. The molecule has 1 aliphatic heterocycles. The molecule has 1 aromatic heterocycles. The monoisotopic (exact) mass is 210 g/mol. The van der Waals surface area contributed by atoms with Crippen molar-refractivity contribution in [2.45, 2.75) is 12.8 Å². The third kappa shape index (κ3) is 0.927. The van der Waals surface area contributed by atoms with Crippen molar-refractivity contribution in [1.82, 2.24) is 4.98 Å². The van der Waals surface area contributed by atoms with Crippen LogP contribution in [0.15, 0.2) is 29.4 Å². The number of aromatic nitrogens is 1. The zero-order valence-corrected chi connectivity index (χ0v) is 8.66. The van der Waals surface area contributed by atoms with Crippen LogP contribution in [0.2, 0.25) is 0 Å². The highest BCUT2D eigenvalue weighted by molar-refractivity contribution is 6.17. The summed E-state index contributed by atoms with van der Waals surface area (Å²) < 4.78 is 0. The topological polar surface area (TPSA) is 45.2 Å². The van der Waals surface area contributed by atoms with Gasteiger partial charge in [-0.15, -0.1) is 0 Å². The summed E-state index contributed by atoms with van der Waals surface area (Å²) in [7, 11) is 0. The summed E-state index contributed by atoms with van der Waals surface area (Å²) in [6, 6.07) is 6.04. The molecular formula is C13H10N2O. The zero-order chi connectivity index (χ0) is 10.7. The molecular weight excluding hydrogens is 200 g/mol. The molecule has 16 heavy (non-hydrogen) atoms. The first-order valence-corrected chi connectivity index (χ1v) is 5.58. The van der Waals surface area contributed by atoms with Crippen LogP contribution < -0.4 is 10.6 Å². The van der Waals surface area contributed by atoms with Crippen molar-refractivity contribution in [3.8, 4) is 0 Å². The smallest absolute Gasteiger partial charge is 0.274 e. The first-order valence-electron chi connectivity index (χ1n) is 5.58. The number of hydrogen-bond acceptors (Lipinski definition) is 1. The Morgan fingerprint density at radius 2 is 2.12 bits per heavy atom. The van der Waals surface area contributed by atoms with Gasteiger partial charge >= 0.3 is 0 Å². The molecule has 3 heteroatoms. The molecule has 1 fully saturated rings. The van der Waals surface area contributed by atoms with Crippen LogP contribution in [-0.2, 0) is 4.79 Å². The summed E-state index contributed by atoms with van der Waals surface area (Å²) in [4.78, 5) is 19.2. The third-order valence-electron chi connectivity index (χ3n) is 3.43. The molecule has 0 saturated heterocycles. The molecule has 1 N–H and O–H groups in total. The minimum atomic E-state index is -0.0220. The number of H-pyrrole nitrogens is 1. The molecule has 1 amide bonds. The molecule has 2 aliphatic rings. The second kappa shape index (κ2) is 2.61. The standard InChI is InChI=1S/C13H10N2O/c16-13-11(7-1-2-7)9-3-4-10-8(5-6-14-10)12(9)15-13/h3-7,14H,1-2H2. The van der Waals surface area contributed by atoms with Gasteiger partial charge in [0.25, 0.3) is 5.91 Å². The number of rotatable bonds is 1. The van der Waals surface area contributed by atoms with Crippen LogP contribution in [0.5, 0.6) is 0 Å². The van der Waals surface area contributed by atoms with E-state index >= 15 is 0 Å². The van der Waals surface area contributed by atoms with Crippen molar-refractivity contribution in [2.24, 2.45) is 10.9 Å². The number of fused-ring (bicyclic) bond motifs is 3. The largest absolute Gasteiger partial charge is 0.361 e. The number of carbonyl (C=O) groups is 1. The Hall–Kier alpha value is -1.90. The lowest BCUT2D eigenvalue weighted by Crippen LogP contribution is -2.23. The van der Waals surface area contributed by atoms with Gasteiger partial charge in [0, 0.05) is 27.9 Å². The highest BCUT2D eigenvalue weighted by atomic mass is 16.1. The summed E-state index contributed by atoms with van der Waals surface area (Å²) in [5.41, 5.74) is 1.99. The summed E-state index contributed by atoms with van der Waals surface area (Å²) >= 11 is 0. The molecule has 0 spiro atoms. The molecule has 0 atom stereocenters. The Morgan fingerprint density at radius 3 is 2.94 bits per heavy atom. The minimum absolute atomic E-state index is 0.0220. The van der Waals surface area contributed by atoms with Gasteiger partial charge in [-0.1, -0.05) is 6.07 Å². The van der Waals surface area contributed by atoms with E-state index in [0.29, 0.717) is 5.92 Å². The van der Waals surface area contributed by atoms with Crippen molar-refractivity contribution in [2.75, 3.05) is 0 Å². The van der Waals surface area contributed by atoms with E-state index in [9.17, 15) is 4.79 Å². The molecule has 78 valence electrons. The van der Waals surface area contributed by atoms with E-state index in [4.69, 9.17) is 0 Å². The van der Waals surface area contributed by atoms with Crippen LogP contribution in [0.3, 0.4) is 0 Å². The van der Waals surface area contributed by atoms with E-state index in [0.717, 1.165) is 39.9 Å². The SMILES string of the molecule is O=C1N=c2c(ccc3[nH]ccc23)=C1C1CC1. The molecule has 2 aromatic rings. The van der Waals surface area contributed by atoms with Crippen molar-refractivity contribution in [3.05, 3.63) is 35.0 Å². The second-order valence-electron chi connectivity index (χ2n) is 4.51. The van der Waals surface area contributed by atoms with E-state index in [2.05, 4.69) is 9.98 Å². The number of benzene rings is 1. The van der Waals surface area contributed by atoms with Gasteiger partial charge in [-0.25, -0.2) is 4.99 Å². The Labute approximate surface area is 91.5 Å². The maximum atomic E-state index is 11.9. The third-order valence-corrected chi connectivity index (χ3v) is 3.43. The molecule has 4 rings (SSSR count). The Morgan fingerprint density at radius 1 is 1.25 bits per heavy atom. The van der Waals surface area contributed by atoms with Crippen LogP contribution in [-0.4, -0.2) is 10.9 Å². The van der Waals surface area contributed by atoms with Crippen LogP contribution >= 0.6 is 0 Å². The average Bonchev–Trinajstić information content (AvgIpc) is 2.89. The lowest BCUT2D eigenvalue weighted by molar-refractivity contribution is -0.112. The number of nitrogens with one attached hydrogen (secondary N) is 1.